The van der Waals surface area contributed by atoms with Gasteiger partial charge < -0.3 is 4.42 Å². The number of rotatable bonds is 2. The van der Waals surface area contributed by atoms with Crippen LogP contribution in [0.2, 0.25) is 0 Å². The lowest BCUT2D eigenvalue weighted by atomic mass is 10.8. The highest BCUT2D eigenvalue weighted by atomic mass is 32.2. The monoisotopic (exact) mass is 176 g/mol. The second kappa shape index (κ2) is 2.63. The Balaban J connectivity index is 3.13. The first-order valence-corrected chi connectivity index (χ1v) is 4.40. The number of nitrogens with one attached hydrogen (secondary N) is 1. The zero-order chi connectivity index (χ0) is 8.48. The van der Waals surface area contributed by atoms with Crippen molar-refractivity contribution >= 4 is 10.0 Å². The molecule has 0 fully saturated rings. The third kappa shape index (κ3) is 1.58. The molecule has 0 aliphatic rings. The van der Waals surface area contributed by atoms with Crippen LogP contribution in [-0.2, 0) is 10.0 Å². The van der Waals surface area contributed by atoms with Crippen molar-refractivity contribution in [2.45, 2.75) is 11.9 Å². The third-order valence-corrected chi connectivity index (χ3v) is 2.42. The summed E-state index contributed by atoms with van der Waals surface area (Å²) in [5.74, 6) is 0.332. The summed E-state index contributed by atoms with van der Waals surface area (Å²) in [6.07, 6.45) is 1.10. The molecule has 0 aliphatic heterocycles. The Bertz CT molecular complexity index is 340. The number of aromatic nitrogens is 1. The van der Waals surface area contributed by atoms with E-state index in [1.165, 1.54) is 7.05 Å². The van der Waals surface area contributed by atoms with Gasteiger partial charge >= 0.3 is 0 Å². The summed E-state index contributed by atoms with van der Waals surface area (Å²) in [4.78, 5) is 3.64. The highest BCUT2D eigenvalue weighted by molar-refractivity contribution is 7.89. The minimum absolute atomic E-state index is 0.0856. The van der Waals surface area contributed by atoms with Gasteiger partial charge in [0.2, 0.25) is 5.03 Å². The van der Waals surface area contributed by atoms with Crippen LogP contribution in [0, 0.1) is 6.92 Å². The highest BCUT2D eigenvalue weighted by Gasteiger charge is 2.15. The largest absolute Gasteiger partial charge is 0.448 e. The van der Waals surface area contributed by atoms with E-state index in [1.54, 1.807) is 6.92 Å². The van der Waals surface area contributed by atoms with Gasteiger partial charge in [0.15, 0.2) is 5.89 Å². The SMILES string of the molecule is CNS(=O)(=O)c1coc(C)n1. The van der Waals surface area contributed by atoms with Gasteiger partial charge in [0.25, 0.3) is 10.0 Å². The van der Waals surface area contributed by atoms with E-state index in [4.69, 9.17) is 4.42 Å². The van der Waals surface area contributed by atoms with Crippen molar-refractivity contribution in [3.63, 3.8) is 0 Å². The molecule has 1 rings (SSSR count). The molecule has 0 spiro atoms. The van der Waals surface area contributed by atoms with Crippen LogP contribution in [0.3, 0.4) is 0 Å². The summed E-state index contributed by atoms with van der Waals surface area (Å²) < 4.78 is 28.8. The van der Waals surface area contributed by atoms with Gasteiger partial charge in [0, 0.05) is 6.92 Å². The molecule has 1 aromatic rings. The molecule has 0 radical (unpaired) electrons. The van der Waals surface area contributed by atoms with Crippen LogP contribution < -0.4 is 4.72 Å². The van der Waals surface area contributed by atoms with Crippen LogP contribution in [0.5, 0.6) is 0 Å². The van der Waals surface area contributed by atoms with Crippen molar-refractivity contribution in [2.75, 3.05) is 7.05 Å². The first-order chi connectivity index (χ1) is 5.06. The van der Waals surface area contributed by atoms with Crippen LogP contribution in [0.1, 0.15) is 5.89 Å². The van der Waals surface area contributed by atoms with Crippen LogP contribution >= 0.6 is 0 Å². The summed E-state index contributed by atoms with van der Waals surface area (Å²) in [6, 6.07) is 0. The number of nitrogens with zero attached hydrogens (tertiary/aromatic N) is 1. The molecule has 0 unspecified atom stereocenters. The van der Waals surface area contributed by atoms with Gasteiger partial charge in [-0.3, -0.25) is 0 Å². The van der Waals surface area contributed by atoms with Gasteiger partial charge in [-0.05, 0) is 7.05 Å². The van der Waals surface area contributed by atoms with Gasteiger partial charge in [0.1, 0.15) is 6.26 Å². The maximum atomic E-state index is 11.0. The molecule has 0 amide bonds. The molecule has 1 N–H and O–H groups in total. The Morgan fingerprint density at radius 1 is 1.64 bits per heavy atom. The van der Waals surface area contributed by atoms with E-state index in [2.05, 4.69) is 9.71 Å². The number of hydrogen-bond donors (Lipinski definition) is 1. The van der Waals surface area contributed by atoms with Crippen molar-refractivity contribution < 1.29 is 12.8 Å². The van der Waals surface area contributed by atoms with Gasteiger partial charge in [-0.2, -0.15) is 0 Å². The number of oxazole rings is 1. The topological polar surface area (TPSA) is 72.2 Å². The lowest BCUT2D eigenvalue weighted by Gasteiger charge is -1.93. The van der Waals surface area contributed by atoms with Crippen molar-refractivity contribution in [2.24, 2.45) is 0 Å². The van der Waals surface area contributed by atoms with Crippen molar-refractivity contribution in [3.05, 3.63) is 12.2 Å². The summed E-state index contributed by atoms with van der Waals surface area (Å²) in [5, 5.41) is -0.0856. The normalized spacial score (nSPS) is 11.8. The Morgan fingerprint density at radius 3 is 2.64 bits per heavy atom. The summed E-state index contributed by atoms with van der Waals surface area (Å²) >= 11 is 0. The molecular weight excluding hydrogens is 168 g/mol. The van der Waals surface area contributed by atoms with E-state index in [0.29, 0.717) is 5.89 Å². The van der Waals surface area contributed by atoms with Gasteiger partial charge in [-0.1, -0.05) is 0 Å². The molecule has 0 saturated heterocycles. The van der Waals surface area contributed by atoms with E-state index in [1.807, 2.05) is 0 Å². The zero-order valence-corrected chi connectivity index (χ0v) is 6.97. The molecule has 11 heavy (non-hydrogen) atoms. The fourth-order valence-corrected chi connectivity index (χ4v) is 1.20. The highest BCUT2D eigenvalue weighted by Crippen LogP contribution is 2.06. The smallest absolute Gasteiger partial charge is 0.261 e. The quantitative estimate of drug-likeness (QED) is 0.682. The molecule has 0 atom stereocenters. The maximum Gasteiger partial charge on any atom is 0.261 e. The zero-order valence-electron chi connectivity index (χ0n) is 6.16. The van der Waals surface area contributed by atoms with E-state index in [0.717, 1.165) is 6.26 Å². The fraction of sp³-hybridized carbons (Fsp3) is 0.400. The number of aryl methyl sites for hydroxylation is 1. The van der Waals surface area contributed by atoms with Crippen LogP contribution in [0.25, 0.3) is 0 Å². The number of sulfonamides is 1. The molecule has 5 nitrogen and oxygen atoms in total. The summed E-state index contributed by atoms with van der Waals surface area (Å²) in [5.41, 5.74) is 0. The maximum absolute atomic E-state index is 11.0. The standard InChI is InChI=1S/C5H8N2O3S/c1-4-7-5(3-10-4)11(8,9)6-2/h3,6H,1-2H3. The van der Waals surface area contributed by atoms with Crippen LogP contribution in [0.15, 0.2) is 15.7 Å². The molecule has 1 heterocycles. The fourth-order valence-electron chi connectivity index (χ4n) is 0.572. The molecule has 0 aromatic carbocycles. The average molecular weight is 176 g/mol. The number of hydrogen-bond acceptors (Lipinski definition) is 4. The van der Waals surface area contributed by atoms with E-state index >= 15 is 0 Å². The van der Waals surface area contributed by atoms with Crippen molar-refractivity contribution in [1.82, 2.24) is 9.71 Å². The van der Waals surface area contributed by atoms with E-state index < -0.39 is 10.0 Å². The molecule has 0 saturated carbocycles. The molecule has 62 valence electrons. The van der Waals surface area contributed by atoms with Gasteiger partial charge in [0.05, 0.1) is 0 Å². The molecular formula is C5H8N2O3S. The predicted molar refractivity (Wildman–Crippen MR) is 37.5 cm³/mol. The molecule has 0 bridgehead atoms. The Labute approximate surface area is 64.5 Å². The Morgan fingerprint density at radius 2 is 2.27 bits per heavy atom. The average Bonchev–Trinajstić information content (AvgIpc) is 2.36. The predicted octanol–water partition coefficient (Wildman–Crippen LogP) is -0.109. The lowest BCUT2D eigenvalue weighted by Crippen LogP contribution is -2.18. The molecule has 1 aromatic heterocycles. The van der Waals surface area contributed by atoms with E-state index in [-0.39, 0.29) is 5.03 Å². The summed E-state index contributed by atoms with van der Waals surface area (Å²) in [6.45, 7) is 1.58. The van der Waals surface area contributed by atoms with Crippen molar-refractivity contribution in [3.8, 4) is 0 Å². The minimum Gasteiger partial charge on any atom is -0.448 e. The Kier molecular flexibility index (Phi) is 1.97. The van der Waals surface area contributed by atoms with Crippen molar-refractivity contribution in [1.29, 1.82) is 0 Å². The van der Waals surface area contributed by atoms with Crippen LogP contribution in [-0.4, -0.2) is 20.4 Å². The Hall–Kier alpha value is -0.880. The lowest BCUT2D eigenvalue weighted by molar-refractivity contribution is 0.519. The second-order valence-electron chi connectivity index (χ2n) is 1.91. The summed E-state index contributed by atoms with van der Waals surface area (Å²) in [7, 11) is -2.11. The molecule has 6 heteroatoms. The first-order valence-electron chi connectivity index (χ1n) is 2.92. The molecule has 0 aliphatic carbocycles. The van der Waals surface area contributed by atoms with Gasteiger partial charge in [-0.25, -0.2) is 18.1 Å². The third-order valence-electron chi connectivity index (χ3n) is 1.14. The minimum atomic E-state index is -3.43. The second-order valence-corrected chi connectivity index (χ2v) is 3.75. The van der Waals surface area contributed by atoms with E-state index in [9.17, 15) is 8.42 Å². The first kappa shape index (κ1) is 8.22. The van der Waals surface area contributed by atoms with Crippen LogP contribution in [0.4, 0.5) is 0 Å². The van der Waals surface area contributed by atoms with Gasteiger partial charge in [-0.15, -0.1) is 0 Å².